The summed E-state index contributed by atoms with van der Waals surface area (Å²) in [6.45, 7) is 0. The number of hydrogen-bond acceptors (Lipinski definition) is 4. The van der Waals surface area contributed by atoms with Gasteiger partial charge in [0.1, 0.15) is 0 Å². The number of carboxylic acid groups (broad SMARTS) is 1. The van der Waals surface area contributed by atoms with E-state index in [0.29, 0.717) is 23.9 Å². The fourth-order valence-electron chi connectivity index (χ4n) is 2.54. The van der Waals surface area contributed by atoms with Gasteiger partial charge in [0, 0.05) is 18.2 Å². The van der Waals surface area contributed by atoms with E-state index < -0.39 is 5.97 Å². The number of hydrogen-bond donors (Lipinski definition) is 2. The molecule has 1 fully saturated rings. The third-order valence-corrected chi connectivity index (χ3v) is 4.40. The Labute approximate surface area is 122 Å². The summed E-state index contributed by atoms with van der Waals surface area (Å²) in [6, 6.07) is 0. The maximum atomic E-state index is 11.9. The molecule has 0 saturated heterocycles. The molecule has 0 aromatic carbocycles. The fourth-order valence-corrected chi connectivity index (χ4v) is 3.30. The molecule has 1 aromatic heterocycles. The quantitative estimate of drug-likeness (QED) is 0.845. The van der Waals surface area contributed by atoms with Gasteiger partial charge >= 0.3 is 5.97 Å². The third kappa shape index (κ3) is 4.92. The molecule has 20 heavy (non-hydrogen) atoms. The van der Waals surface area contributed by atoms with E-state index in [4.69, 9.17) is 5.11 Å². The average molecular weight is 296 g/mol. The van der Waals surface area contributed by atoms with Crippen molar-refractivity contribution in [2.45, 2.75) is 51.4 Å². The molecule has 1 aliphatic carbocycles. The summed E-state index contributed by atoms with van der Waals surface area (Å²) in [5.41, 5.74) is 0.727. The number of aromatic nitrogens is 1. The Morgan fingerprint density at radius 2 is 2.10 bits per heavy atom. The maximum absolute atomic E-state index is 11.9. The summed E-state index contributed by atoms with van der Waals surface area (Å²) in [6.07, 6.45) is 7.10. The average Bonchev–Trinajstić information content (AvgIpc) is 2.85. The number of aliphatic carboxylic acids is 1. The van der Waals surface area contributed by atoms with Crippen LogP contribution in [0.3, 0.4) is 0 Å². The Balaban J connectivity index is 1.77. The molecule has 0 radical (unpaired) electrons. The van der Waals surface area contributed by atoms with Gasteiger partial charge in [-0.05, 0) is 18.8 Å². The molecule has 0 spiro atoms. The summed E-state index contributed by atoms with van der Waals surface area (Å²) in [5.74, 6) is -0.299. The zero-order valence-corrected chi connectivity index (χ0v) is 12.2. The van der Waals surface area contributed by atoms with Crippen LogP contribution < -0.4 is 5.32 Å². The number of anilines is 1. The molecule has 2 N–H and O–H groups in total. The monoisotopic (exact) mass is 296 g/mol. The molecule has 1 aromatic rings. The van der Waals surface area contributed by atoms with Gasteiger partial charge in [-0.25, -0.2) is 4.98 Å². The number of carbonyl (C=O) groups is 2. The molecule has 1 saturated carbocycles. The normalized spacial score (nSPS) is 16.0. The van der Waals surface area contributed by atoms with E-state index in [0.717, 1.165) is 18.5 Å². The molecule has 0 aliphatic heterocycles. The molecule has 0 atom stereocenters. The van der Waals surface area contributed by atoms with Crippen LogP contribution in [0.4, 0.5) is 5.13 Å². The van der Waals surface area contributed by atoms with Crippen LogP contribution in [0.15, 0.2) is 5.38 Å². The third-order valence-electron chi connectivity index (χ3n) is 3.59. The highest BCUT2D eigenvalue weighted by molar-refractivity contribution is 7.13. The van der Waals surface area contributed by atoms with Crippen LogP contribution in [-0.2, 0) is 16.0 Å². The first-order valence-corrected chi connectivity index (χ1v) is 7.97. The van der Waals surface area contributed by atoms with E-state index in [1.54, 1.807) is 5.38 Å². The van der Waals surface area contributed by atoms with Crippen LogP contribution in [0.2, 0.25) is 0 Å². The first kappa shape index (κ1) is 15.0. The molecular weight excluding hydrogens is 276 g/mol. The number of rotatable bonds is 6. The van der Waals surface area contributed by atoms with E-state index >= 15 is 0 Å². The molecule has 1 heterocycles. The van der Waals surface area contributed by atoms with E-state index in [9.17, 15) is 9.59 Å². The van der Waals surface area contributed by atoms with Gasteiger partial charge in [-0.1, -0.05) is 19.3 Å². The second-order valence-electron chi connectivity index (χ2n) is 5.29. The minimum Gasteiger partial charge on any atom is -0.481 e. The number of nitrogens with zero attached hydrogens (tertiary/aromatic N) is 1. The zero-order chi connectivity index (χ0) is 14.4. The minimum atomic E-state index is -0.833. The smallest absolute Gasteiger partial charge is 0.303 e. The molecular formula is C14H20N2O3S. The van der Waals surface area contributed by atoms with Crippen LogP contribution in [0.5, 0.6) is 0 Å². The lowest BCUT2D eigenvalue weighted by Crippen LogP contribution is -2.18. The van der Waals surface area contributed by atoms with Crippen molar-refractivity contribution in [3.8, 4) is 0 Å². The second-order valence-corrected chi connectivity index (χ2v) is 6.15. The van der Waals surface area contributed by atoms with Crippen molar-refractivity contribution in [2.24, 2.45) is 5.92 Å². The first-order chi connectivity index (χ1) is 9.63. The predicted molar refractivity (Wildman–Crippen MR) is 77.9 cm³/mol. The van der Waals surface area contributed by atoms with Crippen LogP contribution >= 0.6 is 11.3 Å². The van der Waals surface area contributed by atoms with Crippen LogP contribution in [0.25, 0.3) is 0 Å². The van der Waals surface area contributed by atoms with Crippen LogP contribution in [0, 0.1) is 5.92 Å². The molecule has 0 bridgehead atoms. The SMILES string of the molecule is O=C(O)CCc1csc(NC(=O)CC2CCCCC2)n1. The highest BCUT2D eigenvalue weighted by Crippen LogP contribution is 2.27. The molecule has 5 nitrogen and oxygen atoms in total. The Hall–Kier alpha value is -1.43. The number of carbonyl (C=O) groups excluding carboxylic acids is 1. The minimum absolute atomic E-state index is 0.0241. The summed E-state index contributed by atoms with van der Waals surface area (Å²) in [4.78, 5) is 26.6. The van der Waals surface area contributed by atoms with Crippen molar-refractivity contribution in [3.05, 3.63) is 11.1 Å². The Kier molecular flexibility index (Phi) is 5.52. The molecule has 6 heteroatoms. The molecule has 1 aliphatic rings. The Bertz CT molecular complexity index is 467. The van der Waals surface area contributed by atoms with Gasteiger partial charge in [0.05, 0.1) is 12.1 Å². The number of nitrogens with one attached hydrogen (secondary N) is 1. The van der Waals surface area contributed by atoms with Gasteiger partial charge in [-0.3, -0.25) is 9.59 Å². The van der Waals surface area contributed by atoms with Crippen molar-refractivity contribution < 1.29 is 14.7 Å². The number of carboxylic acids is 1. The van der Waals surface area contributed by atoms with Crippen molar-refractivity contribution in [3.63, 3.8) is 0 Å². The summed E-state index contributed by atoms with van der Waals surface area (Å²) in [7, 11) is 0. The number of thiazole rings is 1. The van der Waals surface area contributed by atoms with E-state index in [2.05, 4.69) is 10.3 Å². The standard InChI is InChI=1S/C14H20N2O3S/c17-12(8-10-4-2-1-3-5-10)16-14-15-11(9-20-14)6-7-13(18)19/h9-10H,1-8H2,(H,18,19)(H,15,16,17). The maximum Gasteiger partial charge on any atom is 0.303 e. The highest BCUT2D eigenvalue weighted by Gasteiger charge is 2.17. The van der Waals surface area contributed by atoms with Gasteiger partial charge in [-0.2, -0.15) is 0 Å². The van der Waals surface area contributed by atoms with Gasteiger partial charge < -0.3 is 10.4 Å². The van der Waals surface area contributed by atoms with E-state index in [1.165, 1.54) is 30.6 Å². The predicted octanol–water partition coefficient (Wildman–Crippen LogP) is 3.07. The van der Waals surface area contributed by atoms with E-state index in [1.807, 2.05) is 0 Å². The molecule has 1 amide bonds. The van der Waals surface area contributed by atoms with Gasteiger partial charge in [0.15, 0.2) is 5.13 Å². The molecule has 0 unspecified atom stereocenters. The van der Waals surface area contributed by atoms with Crippen molar-refractivity contribution in [2.75, 3.05) is 5.32 Å². The Morgan fingerprint density at radius 3 is 2.80 bits per heavy atom. The largest absolute Gasteiger partial charge is 0.481 e. The van der Waals surface area contributed by atoms with Gasteiger partial charge in [0.2, 0.25) is 5.91 Å². The zero-order valence-electron chi connectivity index (χ0n) is 11.4. The summed E-state index contributed by atoms with van der Waals surface area (Å²) < 4.78 is 0. The number of aryl methyl sites for hydroxylation is 1. The number of amides is 1. The van der Waals surface area contributed by atoms with Crippen molar-refractivity contribution in [1.82, 2.24) is 4.98 Å². The lowest BCUT2D eigenvalue weighted by molar-refractivity contribution is -0.137. The fraction of sp³-hybridized carbons (Fsp3) is 0.643. The first-order valence-electron chi connectivity index (χ1n) is 7.09. The van der Waals surface area contributed by atoms with Gasteiger partial charge in [-0.15, -0.1) is 11.3 Å². The van der Waals surface area contributed by atoms with Crippen LogP contribution in [0.1, 0.15) is 50.6 Å². The lowest BCUT2D eigenvalue weighted by atomic mass is 9.87. The van der Waals surface area contributed by atoms with Crippen molar-refractivity contribution >= 4 is 28.3 Å². The second kappa shape index (κ2) is 7.38. The summed E-state index contributed by atoms with van der Waals surface area (Å²) >= 11 is 1.36. The lowest BCUT2D eigenvalue weighted by Gasteiger charge is -2.20. The van der Waals surface area contributed by atoms with Gasteiger partial charge in [0.25, 0.3) is 0 Å². The Morgan fingerprint density at radius 1 is 1.35 bits per heavy atom. The van der Waals surface area contributed by atoms with E-state index in [-0.39, 0.29) is 12.3 Å². The summed E-state index contributed by atoms with van der Waals surface area (Å²) in [5, 5.41) is 13.8. The van der Waals surface area contributed by atoms with Crippen LogP contribution in [-0.4, -0.2) is 22.0 Å². The molecule has 2 rings (SSSR count). The van der Waals surface area contributed by atoms with Crippen molar-refractivity contribution in [1.29, 1.82) is 0 Å². The molecule has 110 valence electrons. The highest BCUT2D eigenvalue weighted by atomic mass is 32.1. The topological polar surface area (TPSA) is 79.3 Å².